The summed E-state index contributed by atoms with van der Waals surface area (Å²) >= 11 is 0. The summed E-state index contributed by atoms with van der Waals surface area (Å²) in [4.78, 5) is 38.9. The Kier molecular flexibility index (Phi) is 5.64. The molecule has 2 heterocycles. The van der Waals surface area contributed by atoms with Gasteiger partial charge in [-0.15, -0.1) is 0 Å². The Labute approximate surface area is 141 Å². The third-order valence-electron chi connectivity index (χ3n) is 4.29. The number of carbonyl (C=O) groups excluding carboxylic acids is 2. The molecule has 1 aliphatic heterocycles. The second-order valence-electron chi connectivity index (χ2n) is 6.53. The number of rotatable bonds is 5. The zero-order valence-corrected chi connectivity index (χ0v) is 14.3. The van der Waals surface area contributed by atoms with Crippen molar-refractivity contribution in [3.63, 3.8) is 0 Å². The van der Waals surface area contributed by atoms with Gasteiger partial charge in [-0.05, 0) is 18.9 Å². The Hall–Kier alpha value is -2.31. The fourth-order valence-corrected chi connectivity index (χ4v) is 2.93. The Morgan fingerprint density at radius 1 is 1.42 bits per heavy atom. The van der Waals surface area contributed by atoms with Crippen LogP contribution in [0.15, 0.2) is 16.7 Å². The Morgan fingerprint density at radius 3 is 2.75 bits per heavy atom. The van der Waals surface area contributed by atoms with E-state index in [0.717, 1.165) is 0 Å². The maximum atomic E-state index is 12.5. The highest BCUT2D eigenvalue weighted by atomic mass is 16.4. The summed E-state index contributed by atoms with van der Waals surface area (Å²) in [6, 6.07) is 1.61. The van der Waals surface area contributed by atoms with Crippen LogP contribution < -0.4 is 0 Å². The van der Waals surface area contributed by atoms with Crippen LogP contribution >= 0.6 is 0 Å². The van der Waals surface area contributed by atoms with Crippen molar-refractivity contribution in [1.29, 1.82) is 0 Å². The molecule has 1 aromatic rings. The lowest BCUT2D eigenvalue weighted by Gasteiger charge is -2.32. The lowest BCUT2D eigenvalue weighted by molar-refractivity contribution is -0.145. The van der Waals surface area contributed by atoms with Gasteiger partial charge in [-0.3, -0.25) is 14.4 Å². The van der Waals surface area contributed by atoms with Gasteiger partial charge in [0.25, 0.3) is 5.91 Å². The lowest BCUT2D eigenvalue weighted by Crippen LogP contribution is -2.47. The van der Waals surface area contributed by atoms with E-state index in [0.29, 0.717) is 30.7 Å². The SMILES string of the molecule is CC(C)c1occc1C(=O)N(C)CC(=O)N1CCCC(C(=O)O)C1. The van der Waals surface area contributed by atoms with Crippen molar-refractivity contribution in [2.75, 3.05) is 26.7 Å². The monoisotopic (exact) mass is 336 g/mol. The standard InChI is InChI=1S/C17H24N2O5/c1-11(2)15-13(6-8-24-15)16(21)18(3)10-14(20)19-7-4-5-12(9-19)17(22)23/h6,8,11-12H,4-5,7,9-10H2,1-3H3,(H,22,23). The third-order valence-corrected chi connectivity index (χ3v) is 4.29. The third kappa shape index (κ3) is 3.96. The Morgan fingerprint density at radius 2 is 2.12 bits per heavy atom. The van der Waals surface area contributed by atoms with Gasteiger partial charge in [0, 0.05) is 26.1 Å². The first kappa shape index (κ1) is 18.0. The molecule has 2 rings (SSSR count). The molecule has 1 unspecified atom stereocenters. The first-order valence-electron chi connectivity index (χ1n) is 8.14. The molecule has 1 aromatic heterocycles. The molecule has 0 bridgehead atoms. The van der Waals surface area contributed by atoms with Gasteiger partial charge in [-0.2, -0.15) is 0 Å². The van der Waals surface area contributed by atoms with Crippen LogP contribution in [0.1, 0.15) is 48.7 Å². The van der Waals surface area contributed by atoms with E-state index >= 15 is 0 Å². The first-order chi connectivity index (χ1) is 11.3. The summed E-state index contributed by atoms with van der Waals surface area (Å²) in [5, 5.41) is 9.10. The molecule has 132 valence electrons. The molecule has 1 atom stereocenters. The van der Waals surface area contributed by atoms with Crippen molar-refractivity contribution in [2.45, 2.75) is 32.6 Å². The maximum absolute atomic E-state index is 12.5. The number of hydrogen-bond acceptors (Lipinski definition) is 4. The van der Waals surface area contributed by atoms with Crippen LogP contribution in [0.25, 0.3) is 0 Å². The molecule has 0 spiro atoms. The number of carboxylic acid groups (broad SMARTS) is 1. The van der Waals surface area contributed by atoms with Gasteiger partial charge in [-0.1, -0.05) is 13.8 Å². The van der Waals surface area contributed by atoms with Crippen LogP contribution in [0.3, 0.4) is 0 Å². The van der Waals surface area contributed by atoms with Crippen molar-refractivity contribution in [2.24, 2.45) is 5.92 Å². The van der Waals surface area contributed by atoms with Crippen molar-refractivity contribution >= 4 is 17.8 Å². The summed E-state index contributed by atoms with van der Waals surface area (Å²) in [7, 11) is 1.57. The predicted molar refractivity (Wildman–Crippen MR) is 86.7 cm³/mol. The zero-order valence-electron chi connectivity index (χ0n) is 14.3. The second-order valence-corrected chi connectivity index (χ2v) is 6.53. The number of likely N-dealkylation sites (N-methyl/N-ethyl adjacent to an activating group) is 1. The minimum atomic E-state index is -0.878. The molecule has 7 nitrogen and oxygen atoms in total. The van der Waals surface area contributed by atoms with Crippen LogP contribution in [0.5, 0.6) is 0 Å². The Balaban J connectivity index is 1.99. The largest absolute Gasteiger partial charge is 0.481 e. The fourth-order valence-electron chi connectivity index (χ4n) is 2.93. The number of furan rings is 1. The molecule has 1 fully saturated rings. The van der Waals surface area contributed by atoms with Crippen molar-refractivity contribution < 1.29 is 23.9 Å². The minimum Gasteiger partial charge on any atom is -0.481 e. The average molecular weight is 336 g/mol. The van der Waals surface area contributed by atoms with E-state index in [-0.39, 0.29) is 30.8 Å². The van der Waals surface area contributed by atoms with Crippen LogP contribution in [-0.2, 0) is 9.59 Å². The van der Waals surface area contributed by atoms with E-state index < -0.39 is 11.9 Å². The summed E-state index contributed by atoms with van der Waals surface area (Å²) in [6.07, 6.45) is 2.72. The molecule has 1 aliphatic rings. The van der Waals surface area contributed by atoms with E-state index in [9.17, 15) is 14.4 Å². The second kappa shape index (κ2) is 7.51. The summed E-state index contributed by atoms with van der Waals surface area (Å²) in [6.45, 7) is 4.53. The van der Waals surface area contributed by atoms with Crippen molar-refractivity contribution in [3.8, 4) is 0 Å². The molecule has 24 heavy (non-hydrogen) atoms. The number of aliphatic carboxylic acids is 1. The smallest absolute Gasteiger partial charge is 0.308 e. The van der Waals surface area contributed by atoms with Gasteiger partial charge in [0.05, 0.1) is 24.3 Å². The highest BCUT2D eigenvalue weighted by Crippen LogP contribution is 2.22. The molecule has 7 heteroatoms. The predicted octanol–water partition coefficient (Wildman–Crippen LogP) is 1.80. The normalized spacial score (nSPS) is 17.8. The molecule has 2 amide bonds. The topological polar surface area (TPSA) is 91.1 Å². The number of amides is 2. The maximum Gasteiger partial charge on any atom is 0.308 e. The zero-order chi connectivity index (χ0) is 17.9. The Bertz CT molecular complexity index is 622. The minimum absolute atomic E-state index is 0.0708. The van der Waals surface area contributed by atoms with Crippen LogP contribution in [0, 0.1) is 5.92 Å². The number of carboxylic acids is 1. The molecule has 1 N–H and O–H groups in total. The molecule has 0 aliphatic carbocycles. The van der Waals surface area contributed by atoms with Crippen molar-refractivity contribution in [3.05, 3.63) is 23.7 Å². The molecule has 0 radical (unpaired) electrons. The summed E-state index contributed by atoms with van der Waals surface area (Å²) in [5.74, 6) is -1.23. The van der Waals surface area contributed by atoms with E-state index in [1.54, 1.807) is 13.1 Å². The number of likely N-dealkylation sites (tertiary alicyclic amines) is 1. The average Bonchev–Trinajstić information content (AvgIpc) is 3.03. The van der Waals surface area contributed by atoms with Gasteiger partial charge < -0.3 is 19.3 Å². The molecule has 0 saturated carbocycles. The van der Waals surface area contributed by atoms with E-state index in [4.69, 9.17) is 9.52 Å². The highest BCUT2D eigenvalue weighted by Gasteiger charge is 2.29. The van der Waals surface area contributed by atoms with Gasteiger partial charge in [-0.25, -0.2) is 0 Å². The van der Waals surface area contributed by atoms with Crippen LogP contribution in [-0.4, -0.2) is 59.4 Å². The molecule has 0 aromatic carbocycles. The van der Waals surface area contributed by atoms with Crippen LogP contribution in [0.2, 0.25) is 0 Å². The summed E-state index contributed by atoms with van der Waals surface area (Å²) in [5.41, 5.74) is 0.461. The van der Waals surface area contributed by atoms with E-state index in [1.165, 1.54) is 16.1 Å². The molecular weight excluding hydrogens is 312 g/mol. The van der Waals surface area contributed by atoms with Gasteiger partial charge in [0.2, 0.25) is 5.91 Å². The van der Waals surface area contributed by atoms with E-state index in [1.807, 2.05) is 13.8 Å². The van der Waals surface area contributed by atoms with Gasteiger partial charge >= 0.3 is 5.97 Å². The van der Waals surface area contributed by atoms with Gasteiger partial charge in [0.1, 0.15) is 5.76 Å². The van der Waals surface area contributed by atoms with Crippen molar-refractivity contribution in [1.82, 2.24) is 9.80 Å². The quantitative estimate of drug-likeness (QED) is 0.885. The number of piperidine rings is 1. The van der Waals surface area contributed by atoms with Crippen LogP contribution in [0.4, 0.5) is 0 Å². The molecular formula is C17H24N2O5. The number of carbonyl (C=O) groups is 3. The summed E-state index contributed by atoms with van der Waals surface area (Å²) < 4.78 is 5.35. The lowest BCUT2D eigenvalue weighted by atomic mass is 9.98. The molecule has 1 saturated heterocycles. The highest BCUT2D eigenvalue weighted by molar-refractivity contribution is 5.97. The fraction of sp³-hybridized carbons (Fsp3) is 0.588. The first-order valence-corrected chi connectivity index (χ1v) is 8.14. The van der Waals surface area contributed by atoms with Gasteiger partial charge in [0.15, 0.2) is 0 Å². The van der Waals surface area contributed by atoms with E-state index in [2.05, 4.69) is 0 Å². The number of hydrogen-bond donors (Lipinski definition) is 1. The number of nitrogens with zero attached hydrogens (tertiary/aromatic N) is 2.